The lowest BCUT2D eigenvalue weighted by Gasteiger charge is -2.33. The highest BCUT2D eigenvalue weighted by molar-refractivity contribution is 14.0. The van der Waals surface area contributed by atoms with Gasteiger partial charge in [0.25, 0.3) is 0 Å². The Kier molecular flexibility index (Phi) is 7.33. The Hall–Kier alpha value is -1.36. The Morgan fingerprint density at radius 3 is 2.85 bits per heavy atom. The highest BCUT2D eigenvalue weighted by Gasteiger charge is 2.21. The second kappa shape index (κ2) is 9.72. The summed E-state index contributed by atoms with van der Waals surface area (Å²) in [6.45, 7) is 3.88. The van der Waals surface area contributed by atoms with Crippen molar-refractivity contribution in [3.8, 4) is 0 Å². The summed E-state index contributed by atoms with van der Waals surface area (Å²) in [5.74, 6) is 2.99. The van der Waals surface area contributed by atoms with Gasteiger partial charge in [0.15, 0.2) is 11.8 Å². The van der Waals surface area contributed by atoms with Gasteiger partial charge < -0.3 is 20.1 Å². The van der Waals surface area contributed by atoms with Crippen molar-refractivity contribution < 1.29 is 0 Å². The summed E-state index contributed by atoms with van der Waals surface area (Å²) in [6.07, 6.45) is 5.73. The van der Waals surface area contributed by atoms with Gasteiger partial charge in [-0.25, -0.2) is 0 Å². The van der Waals surface area contributed by atoms with Crippen LogP contribution < -0.4 is 15.5 Å². The number of piperidine rings is 1. The molecular formula is C18H28IN7S. The first kappa shape index (κ1) is 20.4. The molecule has 9 heteroatoms. The van der Waals surface area contributed by atoms with Crippen molar-refractivity contribution in [2.75, 3.05) is 25.0 Å². The van der Waals surface area contributed by atoms with Crippen LogP contribution in [0.4, 0.5) is 5.00 Å². The van der Waals surface area contributed by atoms with E-state index in [9.17, 15) is 0 Å². The molecule has 2 aliphatic rings. The number of rotatable bonds is 4. The number of hydrogen-bond donors (Lipinski definition) is 2. The molecule has 2 aliphatic heterocycles. The lowest BCUT2D eigenvalue weighted by atomic mass is 10.1. The van der Waals surface area contributed by atoms with E-state index in [4.69, 9.17) is 0 Å². The third-order valence-electron chi connectivity index (χ3n) is 5.23. The van der Waals surface area contributed by atoms with E-state index in [1.165, 1.54) is 17.8 Å². The van der Waals surface area contributed by atoms with E-state index in [0.29, 0.717) is 12.6 Å². The van der Waals surface area contributed by atoms with Gasteiger partial charge in [0, 0.05) is 39.1 Å². The number of guanidine groups is 1. The van der Waals surface area contributed by atoms with Crippen LogP contribution in [-0.4, -0.2) is 46.9 Å². The maximum atomic E-state index is 4.39. The number of hydrogen-bond acceptors (Lipinski definition) is 5. The van der Waals surface area contributed by atoms with Crippen molar-refractivity contribution in [1.29, 1.82) is 0 Å². The molecule has 2 aromatic rings. The van der Waals surface area contributed by atoms with E-state index in [2.05, 4.69) is 52.8 Å². The number of halogens is 1. The summed E-state index contributed by atoms with van der Waals surface area (Å²) < 4.78 is 2.25. The lowest BCUT2D eigenvalue weighted by molar-refractivity contribution is 0.461. The molecule has 0 radical (unpaired) electrons. The van der Waals surface area contributed by atoms with Crippen molar-refractivity contribution in [2.24, 2.45) is 4.99 Å². The molecule has 1 fully saturated rings. The number of nitrogens with one attached hydrogen (secondary N) is 2. The first-order valence-electron chi connectivity index (χ1n) is 9.50. The van der Waals surface area contributed by atoms with E-state index in [0.717, 1.165) is 56.5 Å². The quantitative estimate of drug-likeness (QED) is 0.383. The summed E-state index contributed by atoms with van der Waals surface area (Å²) in [5, 5.41) is 19.2. The van der Waals surface area contributed by atoms with Gasteiger partial charge in [0.1, 0.15) is 5.82 Å². The minimum Gasteiger partial charge on any atom is -0.363 e. The van der Waals surface area contributed by atoms with Gasteiger partial charge in [-0.1, -0.05) is 0 Å². The van der Waals surface area contributed by atoms with E-state index >= 15 is 0 Å². The van der Waals surface area contributed by atoms with Gasteiger partial charge in [0.2, 0.25) is 0 Å². The van der Waals surface area contributed by atoms with Crippen LogP contribution in [0.5, 0.6) is 0 Å². The molecule has 2 N–H and O–H groups in total. The molecule has 0 bridgehead atoms. The van der Waals surface area contributed by atoms with Crippen molar-refractivity contribution >= 4 is 46.3 Å². The number of anilines is 1. The number of fused-ring (bicyclic) bond motifs is 1. The highest BCUT2D eigenvalue weighted by Crippen LogP contribution is 2.24. The van der Waals surface area contributed by atoms with Gasteiger partial charge in [-0.3, -0.25) is 4.99 Å². The molecule has 0 unspecified atom stereocenters. The van der Waals surface area contributed by atoms with Crippen LogP contribution in [-0.2, 0) is 19.5 Å². The molecule has 148 valence electrons. The van der Waals surface area contributed by atoms with Crippen molar-refractivity contribution in [3.63, 3.8) is 0 Å². The Balaban J connectivity index is 0.00000210. The summed E-state index contributed by atoms with van der Waals surface area (Å²) in [5.41, 5.74) is 0. The Labute approximate surface area is 181 Å². The molecule has 1 saturated heterocycles. The predicted molar refractivity (Wildman–Crippen MR) is 121 cm³/mol. The zero-order chi connectivity index (χ0) is 17.8. The van der Waals surface area contributed by atoms with Crippen molar-refractivity contribution in [3.05, 3.63) is 29.2 Å². The standard InChI is InChI=1S/C18H27N7S.HI/c1-19-18(20-13-16-23-22-15-5-2-3-9-25(15)16)21-14-7-10-24(11-8-14)17-6-4-12-26-17;/h4,6,12,14H,2-3,5,7-11,13H2,1H3,(H2,19,20,21);1H. The number of aliphatic imine (C=N–C) groups is 1. The zero-order valence-electron chi connectivity index (χ0n) is 15.7. The monoisotopic (exact) mass is 501 g/mol. The molecule has 0 spiro atoms. The predicted octanol–water partition coefficient (Wildman–Crippen LogP) is 2.63. The van der Waals surface area contributed by atoms with Gasteiger partial charge in [-0.15, -0.1) is 45.5 Å². The van der Waals surface area contributed by atoms with E-state index in [-0.39, 0.29) is 24.0 Å². The largest absolute Gasteiger partial charge is 0.363 e. The van der Waals surface area contributed by atoms with Crippen LogP contribution in [0.3, 0.4) is 0 Å². The number of nitrogens with zero attached hydrogens (tertiary/aromatic N) is 5. The molecular weight excluding hydrogens is 473 g/mol. The molecule has 0 amide bonds. The Morgan fingerprint density at radius 2 is 2.11 bits per heavy atom. The maximum Gasteiger partial charge on any atom is 0.191 e. The maximum absolute atomic E-state index is 4.39. The number of thiophene rings is 1. The molecule has 4 heterocycles. The molecule has 0 saturated carbocycles. The Morgan fingerprint density at radius 1 is 1.26 bits per heavy atom. The van der Waals surface area contributed by atoms with Crippen LogP contribution >= 0.6 is 35.3 Å². The van der Waals surface area contributed by atoms with E-state index < -0.39 is 0 Å². The summed E-state index contributed by atoms with van der Waals surface area (Å²) in [4.78, 5) is 6.86. The van der Waals surface area contributed by atoms with Crippen molar-refractivity contribution in [2.45, 2.75) is 51.2 Å². The average molecular weight is 501 g/mol. The molecule has 4 rings (SSSR count). The van der Waals surface area contributed by atoms with Crippen molar-refractivity contribution in [1.82, 2.24) is 25.4 Å². The van der Waals surface area contributed by atoms with Gasteiger partial charge >= 0.3 is 0 Å². The summed E-state index contributed by atoms with van der Waals surface area (Å²) in [7, 11) is 1.83. The Bertz CT molecular complexity index is 735. The van der Waals surface area contributed by atoms with Crippen LogP contribution in [0.15, 0.2) is 22.5 Å². The van der Waals surface area contributed by atoms with Gasteiger partial charge in [-0.05, 0) is 43.2 Å². The highest BCUT2D eigenvalue weighted by atomic mass is 127. The minimum atomic E-state index is 0. The second-order valence-electron chi connectivity index (χ2n) is 6.92. The molecule has 7 nitrogen and oxygen atoms in total. The minimum absolute atomic E-state index is 0. The topological polar surface area (TPSA) is 70.4 Å². The number of aryl methyl sites for hydroxylation is 1. The van der Waals surface area contributed by atoms with E-state index in [1.54, 1.807) is 0 Å². The fourth-order valence-corrected chi connectivity index (χ4v) is 4.53. The summed E-state index contributed by atoms with van der Waals surface area (Å²) >= 11 is 1.82. The first-order chi connectivity index (χ1) is 12.8. The average Bonchev–Trinajstić information content (AvgIpc) is 3.36. The first-order valence-corrected chi connectivity index (χ1v) is 10.4. The fraction of sp³-hybridized carbons (Fsp3) is 0.611. The van der Waals surface area contributed by atoms with E-state index in [1.807, 2.05) is 18.4 Å². The zero-order valence-corrected chi connectivity index (χ0v) is 18.9. The molecule has 0 atom stereocenters. The smallest absolute Gasteiger partial charge is 0.191 e. The van der Waals surface area contributed by atoms with Crippen LogP contribution in [0.25, 0.3) is 0 Å². The SMILES string of the molecule is CN=C(NCc1nnc2n1CCCC2)NC1CCN(c2cccs2)CC1.I. The van der Waals surface area contributed by atoms with Crippen LogP contribution in [0, 0.1) is 0 Å². The van der Waals surface area contributed by atoms with Crippen LogP contribution in [0.1, 0.15) is 37.3 Å². The van der Waals surface area contributed by atoms with Crippen LogP contribution in [0.2, 0.25) is 0 Å². The molecule has 27 heavy (non-hydrogen) atoms. The summed E-state index contributed by atoms with van der Waals surface area (Å²) in [6, 6.07) is 4.79. The molecule has 2 aromatic heterocycles. The van der Waals surface area contributed by atoms with Gasteiger partial charge in [-0.2, -0.15) is 0 Å². The third kappa shape index (κ3) is 4.92. The normalized spacial score (nSPS) is 18.0. The van der Waals surface area contributed by atoms with Gasteiger partial charge in [0.05, 0.1) is 11.5 Å². The molecule has 0 aliphatic carbocycles. The molecule has 0 aromatic carbocycles. The second-order valence-corrected chi connectivity index (χ2v) is 7.85. The number of aromatic nitrogens is 3. The third-order valence-corrected chi connectivity index (χ3v) is 6.16. The lowest BCUT2D eigenvalue weighted by Crippen LogP contribution is -2.48. The fourth-order valence-electron chi connectivity index (χ4n) is 3.74.